The second kappa shape index (κ2) is 8.67. The van der Waals surface area contributed by atoms with Crippen LogP contribution in [0, 0.1) is 0 Å². The molecule has 1 heterocycles. The third-order valence-electron chi connectivity index (χ3n) is 3.43. The predicted molar refractivity (Wildman–Crippen MR) is 90.7 cm³/mol. The first-order chi connectivity index (χ1) is 11.6. The number of carbonyl (C=O) groups excluding carboxylic acids is 2. The van der Waals surface area contributed by atoms with Crippen LogP contribution in [0.5, 0.6) is 5.75 Å². The van der Waals surface area contributed by atoms with Crippen LogP contribution in [0.1, 0.15) is 22.8 Å². The fraction of sp³-hybridized carbons (Fsp3) is 0.278. The first-order valence-corrected chi connectivity index (χ1v) is 7.74. The van der Waals surface area contributed by atoms with Crippen LogP contribution in [0.2, 0.25) is 0 Å². The zero-order valence-electron chi connectivity index (χ0n) is 13.9. The molecule has 0 aliphatic heterocycles. The fourth-order valence-electron chi connectivity index (χ4n) is 2.17. The number of aromatic nitrogens is 1. The Morgan fingerprint density at radius 1 is 1.17 bits per heavy atom. The molecule has 0 radical (unpaired) electrons. The molecule has 1 N–H and O–H groups in total. The summed E-state index contributed by atoms with van der Waals surface area (Å²) in [5.74, 6) is 0.00820. The van der Waals surface area contributed by atoms with Gasteiger partial charge in [0.1, 0.15) is 5.75 Å². The highest BCUT2D eigenvalue weighted by Gasteiger charge is 2.15. The molecule has 6 heteroatoms. The maximum Gasteiger partial charge on any atom is 0.255 e. The van der Waals surface area contributed by atoms with Gasteiger partial charge in [0.05, 0.1) is 18.7 Å². The lowest BCUT2D eigenvalue weighted by atomic mass is 10.2. The van der Waals surface area contributed by atoms with Gasteiger partial charge in [0.15, 0.2) is 0 Å². The van der Waals surface area contributed by atoms with E-state index < -0.39 is 0 Å². The predicted octanol–water partition coefficient (Wildman–Crippen LogP) is 1.87. The van der Waals surface area contributed by atoms with E-state index in [4.69, 9.17) is 4.74 Å². The summed E-state index contributed by atoms with van der Waals surface area (Å²) in [6.07, 6.45) is 3.36. The maximum atomic E-state index is 12.3. The van der Waals surface area contributed by atoms with Gasteiger partial charge in [-0.05, 0) is 36.8 Å². The molecule has 0 aliphatic carbocycles. The van der Waals surface area contributed by atoms with Crippen LogP contribution in [0.15, 0.2) is 48.8 Å². The SMILES string of the molecule is CCOc1ccccc1C(=O)NCC(=O)N(C)Cc1ccncc1. The van der Waals surface area contributed by atoms with Gasteiger partial charge in [-0.3, -0.25) is 14.6 Å². The third-order valence-corrected chi connectivity index (χ3v) is 3.43. The van der Waals surface area contributed by atoms with Gasteiger partial charge in [-0.25, -0.2) is 0 Å². The Balaban J connectivity index is 1.90. The Labute approximate surface area is 141 Å². The van der Waals surface area contributed by atoms with E-state index in [0.29, 0.717) is 24.5 Å². The van der Waals surface area contributed by atoms with Crippen molar-refractivity contribution in [1.82, 2.24) is 15.2 Å². The lowest BCUT2D eigenvalue weighted by Gasteiger charge is -2.18. The first-order valence-electron chi connectivity index (χ1n) is 7.74. The van der Waals surface area contributed by atoms with E-state index in [1.165, 1.54) is 0 Å². The van der Waals surface area contributed by atoms with E-state index in [1.54, 1.807) is 48.6 Å². The molecular formula is C18H21N3O3. The summed E-state index contributed by atoms with van der Waals surface area (Å²) in [4.78, 5) is 29.9. The minimum atomic E-state index is -0.329. The average molecular weight is 327 g/mol. The Bertz CT molecular complexity index is 689. The lowest BCUT2D eigenvalue weighted by molar-refractivity contribution is -0.129. The molecule has 0 bridgehead atoms. The van der Waals surface area contributed by atoms with Crippen molar-refractivity contribution in [3.63, 3.8) is 0 Å². The summed E-state index contributed by atoms with van der Waals surface area (Å²) in [6, 6.07) is 10.7. The smallest absolute Gasteiger partial charge is 0.255 e. The molecule has 2 rings (SSSR count). The van der Waals surface area contributed by atoms with Gasteiger partial charge in [-0.15, -0.1) is 0 Å². The van der Waals surface area contributed by atoms with Crippen molar-refractivity contribution < 1.29 is 14.3 Å². The van der Waals surface area contributed by atoms with Crippen LogP contribution < -0.4 is 10.1 Å². The minimum Gasteiger partial charge on any atom is -0.493 e. The molecule has 0 saturated carbocycles. The van der Waals surface area contributed by atoms with Crippen molar-refractivity contribution in [3.05, 3.63) is 59.9 Å². The number of rotatable bonds is 7. The number of pyridine rings is 1. The number of amides is 2. The zero-order chi connectivity index (χ0) is 17.4. The molecule has 0 atom stereocenters. The Morgan fingerprint density at radius 2 is 1.88 bits per heavy atom. The van der Waals surface area contributed by atoms with Crippen LogP contribution in [-0.4, -0.2) is 41.9 Å². The number of nitrogens with zero attached hydrogens (tertiary/aromatic N) is 2. The molecule has 1 aromatic carbocycles. The van der Waals surface area contributed by atoms with E-state index in [1.807, 2.05) is 19.1 Å². The Hall–Kier alpha value is -2.89. The monoisotopic (exact) mass is 327 g/mol. The first kappa shape index (κ1) is 17.5. The highest BCUT2D eigenvalue weighted by Crippen LogP contribution is 2.17. The number of likely N-dealkylation sites (N-methyl/N-ethyl adjacent to an activating group) is 1. The second-order valence-corrected chi connectivity index (χ2v) is 5.22. The Morgan fingerprint density at radius 3 is 2.58 bits per heavy atom. The van der Waals surface area contributed by atoms with Gasteiger partial charge in [0.2, 0.25) is 5.91 Å². The summed E-state index contributed by atoms with van der Waals surface area (Å²) in [5.41, 5.74) is 1.40. The van der Waals surface area contributed by atoms with Crippen molar-refractivity contribution in [2.75, 3.05) is 20.2 Å². The molecule has 2 aromatic rings. The number of nitrogens with one attached hydrogen (secondary N) is 1. The van der Waals surface area contributed by atoms with Crippen molar-refractivity contribution in [1.29, 1.82) is 0 Å². The highest BCUT2D eigenvalue weighted by molar-refractivity contribution is 5.98. The molecule has 24 heavy (non-hydrogen) atoms. The molecular weight excluding hydrogens is 306 g/mol. The standard InChI is InChI=1S/C18H21N3O3/c1-3-24-16-7-5-4-6-15(16)18(23)20-12-17(22)21(2)13-14-8-10-19-11-9-14/h4-11H,3,12-13H2,1-2H3,(H,20,23). The van der Waals surface area contributed by atoms with Gasteiger partial charge >= 0.3 is 0 Å². The number of ether oxygens (including phenoxy) is 1. The summed E-state index contributed by atoms with van der Waals surface area (Å²) in [5, 5.41) is 2.64. The fourth-order valence-corrected chi connectivity index (χ4v) is 2.17. The van der Waals surface area contributed by atoms with Gasteiger partial charge < -0.3 is 15.0 Å². The Kier molecular flexibility index (Phi) is 6.31. The van der Waals surface area contributed by atoms with Crippen LogP contribution in [-0.2, 0) is 11.3 Å². The molecule has 126 valence electrons. The highest BCUT2D eigenvalue weighted by atomic mass is 16.5. The molecule has 0 fully saturated rings. The third kappa shape index (κ3) is 4.81. The largest absolute Gasteiger partial charge is 0.493 e. The molecule has 0 saturated heterocycles. The summed E-state index contributed by atoms with van der Waals surface area (Å²) in [7, 11) is 1.70. The van der Waals surface area contributed by atoms with Gasteiger partial charge in [-0.1, -0.05) is 12.1 Å². The number of carbonyl (C=O) groups is 2. The quantitative estimate of drug-likeness (QED) is 0.843. The van der Waals surface area contributed by atoms with E-state index in [-0.39, 0.29) is 18.4 Å². The normalized spacial score (nSPS) is 10.1. The van der Waals surface area contributed by atoms with Crippen LogP contribution >= 0.6 is 0 Å². The van der Waals surface area contributed by atoms with Crippen molar-refractivity contribution in [3.8, 4) is 5.75 Å². The van der Waals surface area contributed by atoms with Gasteiger partial charge in [-0.2, -0.15) is 0 Å². The van der Waals surface area contributed by atoms with Gasteiger partial charge in [0, 0.05) is 26.0 Å². The van der Waals surface area contributed by atoms with Crippen molar-refractivity contribution in [2.24, 2.45) is 0 Å². The second-order valence-electron chi connectivity index (χ2n) is 5.22. The maximum absolute atomic E-state index is 12.3. The number of benzene rings is 1. The van der Waals surface area contributed by atoms with Crippen LogP contribution in [0.4, 0.5) is 0 Å². The number of hydrogen-bond donors (Lipinski definition) is 1. The molecule has 6 nitrogen and oxygen atoms in total. The minimum absolute atomic E-state index is 0.0686. The topological polar surface area (TPSA) is 71.5 Å². The zero-order valence-corrected chi connectivity index (χ0v) is 13.9. The average Bonchev–Trinajstić information content (AvgIpc) is 2.61. The van der Waals surface area contributed by atoms with Crippen LogP contribution in [0.3, 0.4) is 0 Å². The van der Waals surface area contributed by atoms with Crippen LogP contribution in [0.25, 0.3) is 0 Å². The molecule has 0 spiro atoms. The summed E-state index contributed by atoms with van der Waals surface area (Å²) < 4.78 is 5.43. The van der Waals surface area contributed by atoms with Crippen molar-refractivity contribution in [2.45, 2.75) is 13.5 Å². The number of para-hydroxylation sites is 1. The van der Waals surface area contributed by atoms with E-state index >= 15 is 0 Å². The van der Waals surface area contributed by atoms with E-state index in [2.05, 4.69) is 10.3 Å². The summed E-state index contributed by atoms with van der Waals surface area (Å²) >= 11 is 0. The van der Waals surface area contributed by atoms with E-state index in [0.717, 1.165) is 5.56 Å². The molecule has 0 unspecified atom stereocenters. The number of hydrogen-bond acceptors (Lipinski definition) is 4. The summed E-state index contributed by atoms with van der Waals surface area (Å²) in [6.45, 7) is 2.72. The molecule has 1 aromatic heterocycles. The molecule has 0 aliphatic rings. The van der Waals surface area contributed by atoms with E-state index in [9.17, 15) is 9.59 Å². The lowest BCUT2D eigenvalue weighted by Crippen LogP contribution is -2.37. The van der Waals surface area contributed by atoms with Gasteiger partial charge in [0.25, 0.3) is 5.91 Å². The molecule has 2 amide bonds. The van der Waals surface area contributed by atoms with Crippen molar-refractivity contribution >= 4 is 11.8 Å².